The molecule has 3 nitrogen and oxygen atoms in total. The van der Waals surface area contributed by atoms with Crippen LogP contribution in [0.4, 0.5) is 17.1 Å². The number of hydrogen-bond donors (Lipinski definition) is 0. The SMILES string of the molecule is c1ccc(-c2cccc(N(c3ccccc3)c3ccc4c(c3)c3cc5c(cc3n4-c3ccccc3)Oc3ccccc3C53c4ccccc4-c4ccccc43)c2)cc1. The van der Waals surface area contributed by atoms with Crippen LogP contribution in [0.25, 0.3) is 49.7 Å². The Balaban J connectivity index is 1.16. The molecular weight excluding hydrogens is 705 g/mol. The molecule has 9 aromatic carbocycles. The predicted octanol–water partition coefficient (Wildman–Crippen LogP) is 14.4. The van der Waals surface area contributed by atoms with Gasteiger partial charge in [0.25, 0.3) is 0 Å². The molecule has 0 atom stereocenters. The van der Waals surface area contributed by atoms with Crippen molar-refractivity contribution >= 4 is 38.9 Å². The van der Waals surface area contributed by atoms with Crippen LogP contribution in [0.1, 0.15) is 22.3 Å². The zero-order chi connectivity index (χ0) is 38.2. The fourth-order valence-corrected chi connectivity index (χ4v) is 9.83. The third-order valence-corrected chi connectivity index (χ3v) is 12.2. The van der Waals surface area contributed by atoms with E-state index in [0.717, 1.165) is 50.8 Å². The molecule has 1 aliphatic heterocycles. The average Bonchev–Trinajstić information content (AvgIpc) is 3.77. The summed E-state index contributed by atoms with van der Waals surface area (Å²) in [5, 5.41) is 2.35. The van der Waals surface area contributed by atoms with Gasteiger partial charge in [-0.3, -0.25) is 0 Å². The van der Waals surface area contributed by atoms with Crippen LogP contribution in [-0.2, 0) is 5.41 Å². The fraction of sp³-hybridized carbons (Fsp3) is 0.0182. The third kappa shape index (κ3) is 4.68. The molecule has 0 fully saturated rings. The van der Waals surface area contributed by atoms with Crippen LogP contribution in [0.2, 0.25) is 0 Å². The Morgan fingerprint density at radius 2 is 0.931 bits per heavy atom. The Labute approximate surface area is 337 Å². The number of benzene rings is 9. The smallest absolute Gasteiger partial charge is 0.134 e. The van der Waals surface area contributed by atoms with E-state index >= 15 is 0 Å². The Morgan fingerprint density at radius 3 is 1.67 bits per heavy atom. The van der Waals surface area contributed by atoms with Crippen molar-refractivity contribution in [3.63, 3.8) is 0 Å². The summed E-state index contributed by atoms with van der Waals surface area (Å²) < 4.78 is 9.39. The normalized spacial score (nSPS) is 13.1. The molecule has 1 aliphatic carbocycles. The summed E-state index contributed by atoms with van der Waals surface area (Å²) in [7, 11) is 0. The number of ether oxygens (including phenoxy) is 1. The molecule has 0 amide bonds. The van der Waals surface area contributed by atoms with Crippen LogP contribution in [0, 0.1) is 0 Å². The van der Waals surface area contributed by atoms with Gasteiger partial charge in [-0.05, 0) is 100 Å². The Kier molecular flexibility index (Phi) is 7.14. The number of nitrogens with zero attached hydrogens (tertiary/aromatic N) is 2. The maximum atomic E-state index is 6.99. The van der Waals surface area contributed by atoms with Gasteiger partial charge in [0, 0.05) is 50.7 Å². The molecule has 0 saturated carbocycles. The van der Waals surface area contributed by atoms with Crippen LogP contribution in [-0.4, -0.2) is 4.57 Å². The molecule has 0 unspecified atom stereocenters. The van der Waals surface area contributed by atoms with Gasteiger partial charge in [-0.25, -0.2) is 0 Å². The van der Waals surface area contributed by atoms with E-state index in [1.807, 2.05) is 0 Å². The highest BCUT2D eigenvalue weighted by molar-refractivity contribution is 6.12. The summed E-state index contributed by atoms with van der Waals surface area (Å²) >= 11 is 0. The highest BCUT2D eigenvalue weighted by Gasteiger charge is 2.51. The van der Waals surface area contributed by atoms with Gasteiger partial charge in [0.05, 0.1) is 16.4 Å². The zero-order valence-electron chi connectivity index (χ0n) is 31.6. The molecule has 1 spiro atoms. The van der Waals surface area contributed by atoms with Gasteiger partial charge >= 0.3 is 0 Å². The largest absolute Gasteiger partial charge is 0.457 e. The second kappa shape index (κ2) is 12.7. The van der Waals surface area contributed by atoms with Crippen LogP contribution in [0.5, 0.6) is 11.5 Å². The predicted molar refractivity (Wildman–Crippen MR) is 238 cm³/mol. The lowest BCUT2D eigenvalue weighted by molar-refractivity contribution is 0.437. The molecule has 272 valence electrons. The lowest BCUT2D eigenvalue weighted by Gasteiger charge is -2.39. The molecule has 2 aliphatic rings. The first-order valence-corrected chi connectivity index (χ1v) is 19.9. The van der Waals surface area contributed by atoms with Crippen LogP contribution in [0.15, 0.2) is 218 Å². The highest BCUT2D eigenvalue weighted by atomic mass is 16.5. The van der Waals surface area contributed by atoms with E-state index in [2.05, 4.69) is 228 Å². The van der Waals surface area contributed by atoms with E-state index in [9.17, 15) is 0 Å². The maximum Gasteiger partial charge on any atom is 0.134 e. The first-order chi connectivity index (χ1) is 28.8. The fourth-order valence-electron chi connectivity index (χ4n) is 9.83. The van der Waals surface area contributed by atoms with Gasteiger partial charge in [-0.15, -0.1) is 0 Å². The summed E-state index contributed by atoms with van der Waals surface area (Å²) in [6, 6.07) is 79.0. The maximum absolute atomic E-state index is 6.99. The van der Waals surface area contributed by atoms with Crippen molar-refractivity contribution in [3.05, 3.63) is 241 Å². The molecule has 10 aromatic rings. The van der Waals surface area contributed by atoms with Crippen molar-refractivity contribution in [3.8, 4) is 39.4 Å². The van der Waals surface area contributed by atoms with E-state index in [-0.39, 0.29) is 0 Å². The number of fused-ring (bicyclic) bond motifs is 12. The van der Waals surface area contributed by atoms with E-state index in [1.165, 1.54) is 49.7 Å². The minimum Gasteiger partial charge on any atom is -0.457 e. The molecule has 0 saturated heterocycles. The topological polar surface area (TPSA) is 17.4 Å². The molecule has 1 aromatic heterocycles. The molecular formula is C55H36N2O. The summed E-state index contributed by atoms with van der Waals surface area (Å²) in [5.74, 6) is 1.77. The van der Waals surface area contributed by atoms with Gasteiger partial charge < -0.3 is 14.2 Å². The van der Waals surface area contributed by atoms with Crippen molar-refractivity contribution in [2.24, 2.45) is 0 Å². The van der Waals surface area contributed by atoms with Gasteiger partial charge in [0.2, 0.25) is 0 Å². The lowest BCUT2D eigenvalue weighted by atomic mass is 9.66. The minimum atomic E-state index is -0.557. The summed E-state index contributed by atoms with van der Waals surface area (Å²) in [4.78, 5) is 2.38. The Morgan fingerprint density at radius 1 is 0.362 bits per heavy atom. The number of hydrogen-bond acceptors (Lipinski definition) is 2. The van der Waals surface area contributed by atoms with Gasteiger partial charge in [0.15, 0.2) is 0 Å². The molecule has 58 heavy (non-hydrogen) atoms. The summed E-state index contributed by atoms with van der Waals surface area (Å²) in [6.07, 6.45) is 0. The first-order valence-electron chi connectivity index (χ1n) is 19.9. The molecule has 0 bridgehead atoms. The van der Waals surface area contributed by atoms with Crippen molar-refractivity contribution in [1.82, 2.24) is 4.57 Å². The standard InChI is InChI=1S/C55H36N2O/c1-4-17-37(18-5-1)38-19-16-24-41(33-38)56(39-20-6-2-7-21-39)42-31-32-51-45(34-42)46-35-50-54(36-52(46)57(51)40-22-8-3-9-23-40)58-53-30-15-14-29-49(53)55(50)47-27-12-10-25-43(47)44-26-11-13-28-48(44)55/h1-36H. The van der Waals surface area contributed by atoms with E-state index in [4.69, 9.17) is 4.74 Å². The third-order valence-electron chi connectivity index (χ3n) is 12.2. The summed E-state index contributed by atoms with van der Waals surface area (Å²) in [5.41, 5.74) is 15.9. The highest BCUT2D eigenvalue weighted by Crippen LogP contribution is 2.62. The molecule has 0 N–H and O–H groups in total. The minimum absolute atomic E-state index is 0.557. The van der Waals surface area contributed by atoms with Gasteiger partial charge in [0.1, 0.15) is 11.5 Å². The lowest BCUT2D eigenvalue weighted by Crippen LogP contribution is -2.32. The number of anilines is 3. The van der Waals surface area contributed by atoms with E-state index in [1.54, 1.807) is 0 Å². The second-order valence-corrected chi connectivity index (χ2v) is 15.3. The first kappa shape index (κ1) is 32.6. The molecule has 12 rings (SSSR count). The summed E-state index contributed by atoms with van der Waals surface area (Å²) in [6.45, 7) is 0. The molecule has 2 heterocycles. The quantitative estimate of drug-likeness (QED) is 0.175. The average molecular weight is 741 g/mol. The number of rotatable bonds is 5. The van der Waals surface area contributed by atoms with Gasteiger partial charge in [-0.2, -0.15) is 0 Å². The van der Waals surface area contributed by atoms with Crippen molar-refractivity contribution in [2.75, 3.05) is 4.90 Å². The number of para-hydroxylation sites is 3. The van der Waals surface area contributed by atoms with Crippen molar-refractivity contribution in [2.45, 2.75) is 5.41 Å². The van der Waals surface area contributed by atoms with Crippen LogP contribution in [0.3, 0.4) is 0 Å². The monoisotopic (exact) mass is 740 g/mol. The van der Waals surface area contributed by atoms with Crippen LogP contribution >= 0.6 is 0 Å². The van der Waals surface area contributed by atoms with E-state index in [0.29, 0.717) is 0 Å². The molecule has 3 heteroatoms. The Bertz CT molecular complexity index is 3160. The zero-order valence-corrected chi connectivity index (χ0v) is 31.6. The number of aromatic nitrogens is 1. The van der Waals surface area contributed by atoms with E-state index < -0.39 is 5.41 Å². The second-order valence-electron chi connectivity index (χ2n) is 15.3. The van der Waals surface area contributed by atoms with Gasteiger partial charge in [-0.1, -0.05) is 146 Å². The van der Waals surface area contributed by atoms with Crippen LogP contribution < -0.4 is 9.64 Å². The van der Waals surface area contributed by atoms with Crippen molar-refractivity contribution < 1.29 is 4.74 Å². The Hall–Kier alpha value is -7.62. The van der Waals surface area contributed by atoms with Crippen molar-refractivity contribution in [1.29, 1.82) is 0 Å². The molecule has 0 radical (unpaired) electrons.